The van der Waals surface area contributed by atoms with Gasteiger partial charge in [0.2, 0.25) is 5.82 Å². The maximum absolute atomic E-state index is 11.7. The van der Waals surface area contributed by atoms with Crippen LogP contribution in [0.25, 0.3) is 0 Å². The molecule has 0 spiro atoms. The minimum Gasteiger partial charge on any atom is -0.476 e. The fourth-order valence-electron chi connectivity index (χ4n) is 1.74. The van der Waals surface area contributed by atoms with Crippen molar-refractivity contribution in [3.8, 4) is 0 Å². The quantitative estimate of drug-likeness (QED) is 0.872. The highest BCUT2D eigenvalue weighted by molar-refractivity contribution is 6.33. The monoisotopic (exact) mass is 328 g/mol. The summed E-state index contributed by atoms with van der Waals surface area (Å²) in [6.07, 6.45) is 1.24. The molecular weight excluding hydrogens is 319 g/mol. The molecule has 0 saturated heterocycles. The number of esters is 1. The van der Waals surface area contributed by atoms with Crippen LogP contribution in [0.5, 0.6) is 0 Å². The van der Waals surface area contributed by atoms with E-state index in [1.165, 1.54) is 17.9 Å². The van der Waals surface area contributed by atoms with Crippen molar-refractivity contribution in [1.29, 1.82) is 0 Å². The molecule has 110 valence electrons. The van der Waals surface area contributed by atoms with E-state index in [1.807, 2.05) is 0 Å². The summed E-state index contributed by atoms with van der Waals surface area (Å²) in [7, 11) is 1.19. The Kier molecular flexibility index (Phi) is 4.50. The Morgan fingerprint density at radius 1 is 1.38 bits per heavy atom. The predicted molar refractivity (Wildman–Crippen MR) is 76.1 cm³/mol. The van der Waals surface area contributed by atoms with Gasteiger partial charge in [-0.2, -0.15) is 0 Å². The number of carboxylic acid groups (broad SMARTS) is 1. The number of carbonyl (C=O) groups is 2. The fraction of sp³-hybridized carbons (Fsp3) is 0.154. The summed E-state index contributed by atoms with van der Waals surface area (Å²) in [5.74, 6) is -2.09. The second-order valence-corrected chi connectivity index (χ2v) is 4.95. The smallest absolute Gasteiger partial charge is 0.374 e. The Bertz CT molecular complexity index is 712. The molecule has 0 aliphatic heterocycles. The van der Waals surface area contributed by atoms with Crippen molar-refractivity contribution < 1.29 is 19.4 Å². The number of aromatic carboxylic acids is 1. The number of aromatic nitrogens is 2. The van der Waals surface area contributed by atoms with E-state index in [2.05, 4.69) is 9.72 Å². The molecule has 0 radical (unpaired) electrons. The third-order valence-corrected chi connectivity index (χ3v) is 3.32. The van der Waals surface area contributed by atoms with Gasteiger partial charge in [0.15, 0.2) is 5.69 Å². The lowest BCUT2D eigenvalue weighted by Crippen LogP contribution is -2.12. The highest BCUT2D eigenvalue weighted by Gasteiger charge is 2.20. The summed E-state index contributed by atoms with van der Waals surface area (Å²) in [6, 6.07) is 4.88. The number of benzene rings is 1. The second-order valence-electron chi connectivity index (χ2n) is 4.11. The van der Waals surface area contributed by atoms with Crippen LogP contribution >= 0.6 is 23.2 Å². The lowest BCUT2D eigenvalue weighted by atomic mass is 10.2. The molecule has 0 bridgehead atoms. The van der Waals surface area contributed by atoms with Crippen LogP contribution in [0.1, 0.15) is 26.7 Å². The lowest BCUT2D eigenvalue weighted by Gasteiger charge is -2.08. The maximum atomic E-state index is 11.7. The predicted octanol–water partition coefficient (Wildman–Crippen LogP) is 2.72. The molecule has 2 aromatic rings. The van der Waals surface area contributed by atoms with Crippen molar-refractivity contribution in [1.82, 2.24) is 9.55 Å². The molecule has 2 rings (SSSR count). The van der Waals surface area contributed by atoms with Gasteiger partial charge in [-0.1, -0.05) is 23.2 Å². The van der Waals surface area contributed by atoms with Crippen molar-refractivity contribution in [2.24, 2.45) is 0 Å². The SMILES string of the molecule is COC(=O)c1nc(C(=O)O)cn1Cc1cc(Cl)ccc1Cl. The van der Waals surface area contributed by atoms with E-state index in [1.54, 1.807) is 18.2 Å². The Morgan fingerprint density at radius 3 is 2.71 bits per heavy atom. The summed E-state index contributed by atoms with van der Waals surface area (Å²) in [6.45, 7) is 0.143. The number of hydrogen-bond donors (Lipinski definition) is 1. The average molecular weight is 329 g/mol. The first-order valence-corrected chi connectivity index (χ1v) is 6.50. The zero-order valence-electron chi connectivity index (χ0n) is 10.8. The van der Waals surface area contributed by atoms with Gasteiger partial charge in [-0.25, -0.2) is 14.6 Å². The van der Waals surface area contributed by atoms with Crippen LogP contribution in [0.15, 0.2) is 24.4 Å². The molecule has 21 heavy (non-hydrogen) atoms. The van der Waals surface area contributed by atoms with Crippen molar-refractivity contribution >= 4 is 35.1 Å². The van der Waals surface area contributed by atoms with Gasteiger partial charge in [-0.15, -0.1) is 0 Å². The molecule has 0 amide bonds. The Balaban J connectivity index is 2.45. The van der Waals surface area contributed by atoms with E-state index >= 15 is 0 Å². The average Bonchev–Trinajstić information content (AvgIpc) is 2.86. The molecule has 1 aromatic heterocycles. The first-order chi connectivity index (χ1) is 9.92. The van der Waals surface area contributed by atoms with Gasteiger partial charge in [-0.3, -0.25) is 0 Å². The number of methoxy groups -OCH3 is 1. The number of ether oxygens (including phenoxy) is 1. The van der Waals surface area contributed by atoms with E-state index in [0.29, 0.717) is 15.6 Å². The summed E-state index contributed by atoms with van der Waals surface area (Å²) < 4.78 is 5.94. The molecule has 0 aliphatic carbocycles. The maximum Gasteiger partial charge on any atom is 0.374 e. The molecule has 8 heteroatoms. The number of carbonyl (C=O) groups excluding carboxylic acids is 1. The third-order valence-electron chi connectivity index (χ3n) is 2.71. The molecule has 0 saturated carbocycles. The summed E-state index contributed by atoms with van der Waals surface area (Å²) in [4.78, 5) is 26.4. The largest absolute Gasteiger partial charge is 0.476 e. The third kappa shape index (κ3) is 3.34. The normalized spacial score (nSPS) is 10.4. The van der Waals surface area contributed by atoms with E-state index in [4.69, 9.17) is 28.3 Å². The number of halogens is 2. The van der Waals surface area contributed by atoms with Crippen LogP contribution in [0.4, 0.5) is 0 Å². The summed E-state index contributed by atoms with van der Waals surface area (Å²) in [5.41, 5.74) is 0.372. The van der Waals surface area contributed by atoms with Crippen molar-refractivity contribution in [3.63, 3.8) is 0 Å². The summed E-state index contributed by atoms with van der Waals surface area (Å²) >= 11 is 12.0. The Labute approximate surface area is 129 Å². The molecule has 0 fully saturated rings. The minimum atomic E-state index is -1.24. The van der Waals surface area contributed by atoms with E-state index < -0.39 is 11.9 Å². The number of imidazole rings is 1. The fourth-order valence-corrected chi connectivity index (χ4v) is 2.11. The van der Waals surface area contributed by atoms with Gasteiger partial charge >= 0.3 is 11.9 Å². The van der Waals surface area contributed by atoms with Crippen LogP contribution in [-0.4, -0.2) is 33.7 Å². The van der Waals surface area contributed by atoms with E-state index in [-0.39, 0.29) is 18.1 Å². The first kappa shape index (κ1) is 15.3. The molecule has 0 aliphatic rings. The highest BCUT2D eigenvalue weighted by Crippen LogP contribution is 2.22. The lowest BCUT2D eigenvalue weighted by molar-refractivity contribution is 0.0582. The van der Waals surface area contributed by atoms with Gasteiger partial charge in [-0.05, 0) is 23.8 Å². The molecule has 6 nitrogen and oxygen atoms in total. The van der Waals surface area contributed by atoms with Crippen molar-refractivity contribution in [2.75, 3.05) is 7.11 Å². The van der Waals surface area contributed by atoms with Gasteiger partial charge < -0.3 is 14.4 Å². The summed E-state index contributed by atoms with van der Waals surface area (Å²) in [5, 5.41) is 9.89. The van der Waals surface area contributed by atoms with Crippen molar-refractivity contribution in [2.45, 2.75) is 6.54 Å². The molecule has 1 N–H and O–H groups in total. The second kappa shape index (κ2) is 6.15. The topological polar surface area (TPSA) is 81.4 Å². The highest BCUT2D eigenvalue weighted by atomic mass is 35.5. The zero-order chi connectivity index (χ0) is 15.6. The van der Waals surface area contributed by atoms with Gasteiger partial charge in [0.1, 0.15) is 0 Å². The zero-order valence-corrected chi connectivity index (χ0v) is 12.4. The molecular formula is C13H10Cl2N2O4. The Hall–Kier alpha value is -2.05. The van der Waals surface area contributed by atoms with Crippen LogP contribution < -0.4 is 0 Å². The molecule has 0 atom stereocenters. The van der Waals surface area contributed by atoms with Gasteiger partial charge in [0.25, 0.3) is 0 Å². The standard InChI is InChI=1S/C13H10Cl2N2O4/c1-21-13(20)11-16-10(12(18)19)6-17(11)5-7-4-8(14)2-3-9(7)15/h2-4,6H,5H2,1H3,(H,18,19). The number of rotatable bonds is 4. The molecule has 1 aromatic carbocycles. The van der Waals surface area contributed by atoms with Gasteiger partial charge in [0.05, 0.1) is 13.7 Å². The van der Waals surface area contributed by atoms with Crippen LogP contribution in [0.2, 0.25) is 10.0 Å². The molecule has 1 heterocycles. The van der Waals surface area contributed by atoms with Crippen molar-refractivity contribution in [3.05, 3.63) is 51.5 Å². The van der Waals surface area contributed by atoms with Crippen LogP contribution in [0, 0.1) is 0 Å². The molecule has 0 unspecified atom stereocenters. The number of hydrogen-bond acceptors (Lipinski definition) is 4. The number of nitrogens with zero attached hydrogens (tertiary/aromatic N) is 2. The van der Waals surface area contributed by atoms with E-state index in [9.17, 15) is 9.59 Å². The Morgan fingerprint density at radius 2 is 2.10 bits per heavy atom. The van der Waals surface area contributed by atoms with E-state index in [0.717, 1.165) is 0 Å². The van der Waals surface area contributed by atoms with Crippen LogP contribution in [-0.2, 0) is 11.3 Å². The number of carboxylic acids is 1. The van der Waals surface area contributed by atoms with Gasteiger partial charge in [0, 0.05) is 16.2 Å². The minimum absolute atomic E-state index is 0.119. The first-order valence-electron chi connectivity index (χ1n) is 5.75. The van der Waals surface area contributed by atoms with Crippen LogP contribution in [0.3, 0.4) is 0 Å².